The minimum atomic E-state index is 0.373. The molecule has 2 rings (SSSR count). The molecule has 0 N–H and O–H groups in total. The van der Waals surface area contributed by atoms with E-state index in [2.05, 4.69) is 20.0 Å². The number of likely N-dealkylation sites (tertiary alicyclic amines) is 1. The van der Waals surface area contributed by atoms with Gasteiger partial charge in [-0.15, -0.1) is 10.2 Å². The van der Waals surface area contributed by atoms with Crippen LogP contribution < -0.4 is 4.90 Å². The molecule has 0 saturated carbocycles. The van der Waals surface area contributed by atoms with Crippen LogP contribution in [-0.4, -0.2) is 48.3 Å². The fourth-order valence-electron chi connectivity index (χ4n) is 2.03. The zero-order valence-electron chi connectivity index (χ0n) is 9.86. The summed E-state index contributed by atoms with van der Waals surface area (Å²) in [6.07, 6.45) is 2.63. The average Bonchev–Trinajstić information content (AvgIpc) is 2.82. The number of anilines is 1. The molecule has 1 aromatic rings. The second-order valence-corrected chi connectivity index (χ2v) is 5.06. The van der Waals surface area contributed by atoms with Gasteiger partial charge in [0.25, 0.3) is 0 Å². The summed E-state index contributed by atoms with van der Waals surface area (Å²) < 4.78 is 0. The highest BCUT2D eigenvalue weighted by Gasteiger charge is 2.14. The van der Waals surface area contributed by atoms with Gasteiger partial charge in [0.05, 0.1) is 5.69 Å². The zero-order valence-corrected chi connectivity index (χ0v) is 11.4. The van der Waals surface area contributed by atoms with Gasteiger partial charge < -0.3 is 9.80 Å². The van der Waals surface area contributed by atoms with E-state index in [1.54, 1.807) is 6.07 Å². The van der Waals surface area contributed by atoms with Crippen molar-refractivity contribution < 1.29 is 0 Å². The Hall–Kier alpha value is -0.580. The zero-order chi connectivity index (χ0) is 12.3. The van der Waals surface area contributed by atoms with Gasteiger partial charge in [-0.05, 0) is 25.9 Å². The molecule has 0 aliphatic carbocycles. The van der Waals surface area contributed by atoms with Crippen molar-refractivity contribution in [3.8, 4) is 0 Å². The Labute approximate surface area is 112 Å². The number of aromatic nitrogens is 2. The van der Waals surface area contributed by atoms with Crippen LogP contribution in [-0.2, 0) is 0 Å². The molecule has 0 atom stereocenters. The highest BCUT2D eigenvalue weighted by Crippen LogP contribution is 2.24. The van der Waals surface area contributed by atoms with Gasteiger partial charge >= 0.3 is 0 Å². The number of hydrogen-bond donors (Lipinski definition) is 0. The molecule has 1 aliphatic heterocycles. The predicted molar refractivity (Wildman–Crippen MR) is 71.0 cm³/mol. The summed E-state index contributed by atoms with van der Waals surface area (Å²) in [4.78, 5) is 4.53. The molecular weight excluding hydrogens is 259 g/mol. The molecule has 1 saturated heterocycles. The maximum absolute atomic E-state index is 6.00. The van der Waals surface area contributed by atoms with Gasteiger partial charge in [-0.1, -0.05) is 23.2 Å². The molecule has 0 amide bonds. The topological polar surface area (TPSA) is 32.3 Å². The van der Waals surface area contributed by atoms with Crippen molar-refractivity contribution in [2.45, 2.75) is 12.8 Å². The maximum Gasteiger partial charge on any atom is 0.175 e. The van der Waals surface area contributed by atoms with E-state index in [1.807, 2.05) is 7.05 Å². The summed E-state index contributed by atoms with van der Waals surface area (Å²) in [5.41, 5.74) is 0.839. The Morgan fingerprint density at radius 1 is 1.29 bits per heavy atom. The van der Waals surface area contributed by atoms with Crippen LogP contribution >= 0.6 is 23.2 Å². The third-order valence-electron chi connectivity index (χ3n) is 3.06. The average molecular weight is 275 g/mol. The molecule has 0 bridgehead atoms. The molecule has 0 aromatic carbocycles. The first-order valence-corrected chi connectivity index (χ1v) is 6.54. The quantitative estimate of drug-likeness (QED) is 0.844. The van der Waals surface area contributed by atoms with Gasteiger partial charge in [-0.25, -0.2) is 0 Å². The van der Waals surface area contributed by atoms with Crippen LogP contribution in [0.4, 0.5) is 5.69 Å². The fourth-order valence-corrected chi connectivity index (χ4v) is 2.41. The molecule has 2 heterocycles. The van der Waals surface area contributed by atoms with E-state index < -0.39 is 0 Å². The van der Waals surface area contributed by atoms with Crippen LogP contribution in [0.5, 0.6) is 0 Å². The van der Waals surface area contributed by atoms with Crippen molar-refractivity contribution in [2.75, 3.05) is 38.1 Å². The lowest BCUT2D eigenvalue weighted by molar-refractivity contribution is 0.346. The number of nitrogens with zero attached hydrogens (tertiary/aromatic N) is 4. The van der Waals surface area contributed by atoms with Crippen molar-refractivity contribution >= 4 is 28.9 Å². The van der Waals surface area contributed by atoms with E-state index in [9.17, 15) is 0 Å². The van der Waals surface area contributed by atoms with Crippen LogP contribution in [0.2, 0.25) is 10.3 Å². The SMILES string of the molecule is CN(CCN1CCCC1)c1cc(Cl)nnc1Cl. The molecule has 17 heavy (non-hydrogen) atoms. The summed E-state index contributed by atoms with van der Waals surface area (Å²) in [5, 5.41) is 8.29. The third kappa shape index (κ3) is 3.44. The predicted octanol–water partition coefficient (Wildman–Crippen LogP) is 2.32. The minimum absolute atomic E-state index is 0.373. The van der Waals surface area contributed by atoms with Crippen LogP contribution in [0, 0.1) is 0 Å². The van der Waals surface area contributed by atoms with E-state index in [0.29, 0.717) is 10.3 Å². The van der Waals surface area contributed by atoms with Crippen molar-refractivity contribution in [3.63, 3.8) is 0 Å². The van der Waals surface area contributed by atoms with Crippen LogP contribution in [0.1, 0.15) is 12.8 Å². The van der Waals surface area contributed by atoms with E-state index in [-0.39, 0.29) is 0 Å². The van der Waals surface area contributed by atoms with E-state index >= 15 is 0 Å². The second-order valence-electron chi connectivity index (χ2n) is 4.31. The van der Waals surface area contributed by atoms with Crippen molar-refractivity contribution in [1.82, 2.24) is 15.1 Å². The van der Waals surface area contributed by atoms with E-state index in [4.69, 9.17) is 23.2 Å². The van der Waals surface area contributed by atoms with Crippen molar-refractivity contribution in [2.24, 2.45) is 0 Å². The first-order chi connectivity index (χ1) is 8.16. The number of hydrogen-bond acceptors (Lipinski definition) is 4. The summed E-state index contributed by atoms with van der Waals surface area (Å²) >= 11 is 11.8. The van der Waals surface area contributed by atoms with Gasteiger partial charge in [0, 0.05) is 26.2 Å². The molecule has 4 nitrogen and oxygen atoms in total. The molecule has 1 fully saturated rings. The highest BCUT2D eigenvalue weighted by molar-refractivity contribution is 6.33. The smallest absolute Gasteiger partial charge is 0.175 e. The molecule has 1 aliphatic rings. The first-order valence-electron chi connectivity index (χ1n) is 5.79. The van der Waals surface area contributed by atoms with Crippen molar-refractivity contribution in [3.05, 3.63) is 16.4 Å². The maximum atomic E-state index is 6.00. The number of likely N-dealkylation sites (N-methyl/N-ethyl adjacent to an activating group) is 1. The standard InChI is InChI=1S/C11H16Cl2N4/c1-16(6-7-17-4-2-3-5-17)9-8-10(12)14-15-11(9)13/h8H,2-7H2,1H3. The van der Waals surface area contributed by atoms with E-state index in [1.165, 1.54) is 25.9 Å². The van der Waals surface area contributed by atoms with Gasteiger partial charge in [-0.3, -0.25) is 0 Å². The lowest BCUT2D eigenvalue weighted by Gasteiger charge is -2.23. The van der Waals surface area contributed by atoms with Crippen molar-refractivity contribution in [1.29, 1.82) is 0 Å². The molecule has 94 valence electrons. The Bertz CT molecular complexity index is 380. The molecule has 0 spiro atoms. The molecule has 0 unspecified atom stereocenters. The lowest BCUT2D eigenvalue weighted by atomic mass is 10.4. The second kappa shape index (κ2) is 5.85. The Balaban J connectivity index is 1.93. The largest absolute Gasteiger partial charge is 0.371 e. The summed E-state index contributed by atoms with van der Waals surface area (Å²) in [5.74, 6) is 0. The van der Waals surface area contributed by atoms with Crippen LogP contribution in [0.15, 0.2) is 6.07 Å². The van der Waals surface area contributed by atoms with E-state index in [0.717, 1.165) is 18.8 Å². The molecular formula is C11H16Cl2N4. The fraction of sp³-hybridized carbons (Fsp3) is 0.636. The molecule has 1 aromatic heterocycles. The molecule has 0 radical (unpaired) electrons. The number of rotatable bonds is 4. The normalized spacial score (nSPS) is 16.4. The Morgan fingerprint density at radius 2 is 2.00 bits per heavy atom. The lowest BCUT2D eigenvalue weighted by Crippen LogP contribution is -2.31. The summed E-state index contributed by atoms with van der Waals surface area (Å²) in [7, 11) is 2.00. The van der Waals surface area contributed by atoms with Crippen LogP contribution in [0.3, 0.4) is 0 Å². The van der Waals surface area contributed by atoms with Gasteiger partial charge in [-0.2, -0.15) is 0 Å². The first kappa shape index (κ1) is 12.9. The monoisotopic (exact) mass is 274 g/mol. The minimum Gasteiger partial charge on any atom is -0.371 e. The summed E-state index contributed by atoms with van der Waals surface area (Å²) in [6, 6.07) is 1.75. The highest BCUT2D eigenvalue weighted by atomic mass is 35.5. The summed E-state index contributed by atoms with van der Waals surface area (Å²) in [6.45, 7) is 4.38. The van der Waals surface area contributed by atoms with Gasteiger partial charge in [0.2, 0.25) is 0 Å². The van der Waals surface area contributed by atoms with Gasteiger partial charge in [0.15, 0.2) is 10.3 Å². The Morgan fingerprint density at radius 3 is 2.71 bits per heavy atom. The number of halogens is 2. The van der Waals surface area contributed by atoms with Gasteiger partial charge in [0.1, 0.15) is 0 Å². The Kier molecular flexibility index (Phi) is 4.42. The van der Waals surface area contributed by atoms with Crippen LogP contribution in [0.25, 0.3) is 0 Å². The third-order valence-corrected chi connectivity index (χ3v) is 3.52. The molecule has 6 heteroatoms.